The average Bonchev–Trinajstić information content (AvgIpc) is 3.27. The second-order valence-electron chi connectivity index (χ2n) is 4.54. The SMILES string of the molecule is CCOC(=O)Cc1csc(SCc2cc(-c3ccco3)on2)n1. The van der Waals surface area contributed by atoms with Gasteiger partial charge in [-0.3, -0.25) is 4.79 Å². The number of hydrogen-bond acceptors (Lipinski definition) is 8. The number of rotatable bonds is 7. The van der Waals surface area contributed by atoms with Crippen molar-refractivity contribution in [3.8, 4) is 11.5 Å². The summed E-state index contributed by atoms with van der Waals surface area (Å²) in [5.74, 6) is 1.64. The minimum Gasteiger partial charge on any atom is -0.466 e. The van der Waals surface area contributed by atoms with Gasteiger partial charge in [0.05, 0.1) is 30.7 Å². The molecule has 6 nitrogen and oxygen atoms in total. The minimum absolute atomic E-state index is 0.206. The molecule has 8 heteroatoms. The lowest BCUT2D eigenvalue weighted by molar-refractivity contribution is -0.142. The predicted octanol–water partition coefficient (Wildman–Crippen LogP) is 3.79. The molecule has 0 aliphatic carbocycles. The molecule has 3 rings (SSSR count). The highest BCUT2D eigenvalue weighted by Crippen LogP contribution is 2.28. The maximum atomic E-state index is 11.4. The molecule has 0 aliphatic heterocycles. The van der Waals surface area contributed by atoms with Crippen molar-refractivity contribution < 1.29 is 18.5 Å². The van der Waals surface area contributed by atoms with E-state index >= 15 is 0 Å². The van der Waals surface area contributed by atoms with Crippen LogP contribution < -0.4 is 0 Å². The Morgan fingerprint density at radius 1 is 1.39 bits per heavy atom. The van der Waals surface area contributed by atoms with Crippen LogP contribution in [0.15, 0.2) is 43.1 Å². The molecular formula is C15H14N2O4S2. The molecule has 0 bridgehead atoms. The van der Waals surface area contributed by atoms with Crippen LogP contribution in [0.3, 0.4) is 0 Å². The summed E-state index contributed by atoms with van der Waals surface area (Å²) in [6, 6.07) is 5.46. The van der Waals surface area contributed by atoms with Crippen LogP contribution in [0.1, 0.15) is 18.3 Å². The van der Waals surface area contributed by atoms with Crippen molar-refractivity contribution in [3.05, 3.63) is 41.2 Å². The summed E-state index contributed by atoms with van der Waals surface area (Å²) in [7, 11) is 0. The first-order valence-corrected chi connectivity index (χ1v) is 8.83. The normalized spacial score (nSPS) is 10.8. The van der Waals surface area contributed by atoms with Gasteiger partial charge >= 0.3 is 5.97 Å². The van der Waals surface area contributed by atoms with Gasteiger partial charge in [-0.05, 0) is 19.1 Å². The maximum Gasteiger partial charge on any atom is 0.311 e. The quantitative estimate of drug-likeness (QED) is 0.474. The molecular weight excluding hydrogens is 336 g/mol. The van der Waals surface area contributed by atoms with Gasteiger partial charge in [0, 0.05) is 17.2 Å². The van der Waals surface area contributed by atoms with Gasteiger partial charge in [-0.2, -0.15) is 0 Å². The van der Waals surface area contributed by atoms with E-state index in [0.29, 0.717) is 23.9 Å². The Kier molecular flexibility index (Phi) is 5.14. The fourth-order valence-corrected chi connectivity index (χ4v) is 3.57. The molecule has 0 N–H and O–H groups in total. The maximum absolute atomic E-state index is 11.4. The summed E-state index contributed by atoms with van der Waals surface area (Å²) in [5.41, 5.74) is 1.54. The lowest BCUT2D eigenvalue weighted by Crippen LogP contribution is -2.07. The van der Waals surface area contributed by atoms with Crippen molar-refractivity contribution in [1.82, 2.24) is 10.1 Å². The summed E-state index contributed by atoms with van der Waals surface area (Å²) < 4.78 is 16.3. The number of furan rings is 1. The number of nitrogens with zero attached hydrogens (tertiary/aromatic N) is 2. The first kappa shape index (κ1) is 15.8. The van der Waals surface area contributed by atoms with Crippen LogP contribution in [-0.4, -0.2) is 22.7 Å². The Bertz CT molecular complexity index is 764. The van der Waals surface area contributed by atoms with Crippen molar-refractivity contribution >= 4 is 29.1 Å². The van der Waals surface area contributed by atoms with Crippen LogP contribution in [0.5, 0.6) is 0 Å². The highest BCUT2D eigenvalue weighted by Gasteiger charge is 2.12. The predicted molar refractivity (Wildman–Crippen MR) is 86.2 cm³/mol. The van der Waals surface area contributed by atoms with Gasteiger partial charge in [-0.15, -0.1) is 11.3 Å². The molecule has 0 aromatic carbocycles. The number of carbonyl (C=O) groups excluding carboxylic acids is 1. The summed E-state index contributed by atoms with van der Waals surface area (Å²) in [6.45, 7) is 2.17. The summed E-state index contributed by atoms with van der Waals surface area (Å²) in [6.07, 6.45) is 1.80. The highest BCUT2D eigenvalue weighted by molar-refractivity contribution is 8.00. The van der Waals surface area contributed by atoms with Crippen LogP contribution in [0, 0.1) is 0 Å². The van der Waals surface area contributed by atoms with Crippen LogP contribution in [0.25, 0.3) is 11.5 Å². The Hall–Kier alpha value is -2.06. The van der Waals surface area contributed by atoms with E-state index in [4.69, 9.17) is 13.7 Å². The standard InChI is InChI=1S/C15H14N2O4S2/c1-2-19-14(18)7-10-8-22-15(16-10)23-9-11-6-13(21-17-11)12-4-3-5-20-12/h3-6,8H,2,7,9H2,1H3. The first-order chi connectivity index (χ1) is 11.2. The largest absolute Gasteiger partial charge is 0.466 e. The third kappa shape index (κ3) is 4.23. The zero-order valence-electron chi connectivity index (χ0n) is 12.4. The second kappa shape index (κ2) is 7.47. The number of esters is 1. The summed E-state index contributed by atoms with van der Waals surface area (Å²) >= 11 is 3.05. The molecule has 0 fully saturated rings. The lowest BCUT2D eigenvalue weighted by Gasteiger charge is -1.98. The first-order valence-electron chi connectivity index (χ1n) is 6.97. The third-order valence-electron chi connectivity index (χ3n) is 2.83. The van der Waals surface area contributed by atoms with Crippen LogP contribution in [0.2, 0.25) is 0 Å². The van der Waals surface area contributed by atoms with Gasteiger partial charge in [-0.1, -0.05) is 16.9 Å². The van der Waals surface area contributed by atoms with E-state index in [-0.39, 0.29) is 12.4 Å². The molecule has 3 heterocycles. The van der Waals surface area contributed by atoms with Crippen LogP contribution in [0.4, 0.5) is 0 Å². The van der Waals surface area contributed by atoms with Crippen molar-refractivity contribution in [2.75, 3.05) is 6.61 Å². The molecule has 0 amide bonds. The number of aromatic nitrogens is 2. The van der Waals surface area contributed by atoms with Crippen molar-refractivity contribution in [2.45, 2.75) is 23.4 Å². The molecule has 0 aliphatic rings. The van der Waals surface area contributed by atoms with E-state index in [1.807, 2.05) is 17.5 Å². The topological polar surface area (TPSA) is 78.4 Å². The smallest absolute Gasteiger partial charge is 0.311 e. The molecule has 3 aromatic rings. The van der Waals surface area contributed by atoms with Crippen molar-refractivity contribution in [2.24, 2.45) is 0 Å². The van der Waals surface area contributed by atoms with Crippen LogP contribution >= 0.6 is 23.1 Å². The van der Waals surface area contributed by atoms with E-state index < -0.39 is 0 Å². The summed E-state index contributed by atoms with van der Waals surface area (Å²) in [4.78, 5) is 15.8. The van der Waals surface area contributed by atoms with Gasteiger partial charge in [0.15, 0.2) is 10.1 Å². The molecule has 0 saturated heterocycles. The molecule has 0 radical (unpaired) electrons. The molecule has 0 atom stereocenters. The van der Waals surface area contributed by atoms with Gasteiger partial charge in [0.1, 0.15) is 0 Å². The average molecular weight is 350 g/mol. The number of thiazole rings is 1. The fourth-order valence-electron chi connectivity index (χ4n) is 1.85. The van der Waals surface area contributed by atoms with E-state index in [0.717, 1.165) is 15.7 Å². The van der Waals surface area contributed by atoms with E-state index in [1.54, 1.807) is 31.0 Å². The van der Waals surface area contributed by atoms with E-state index in [2.05, 4.69) is 10.1 Å². The molecule has 0 spiro atoms. The Morgan fingerprint density at radius 3 is 3.09 bits per heavy atom. The van der Waals surface area contributed by atoms with Gasteiger partial charge < -0.3 is 13.7 Å². The zero-order valence-corrected chi connectivity index (χ0v) is 14.0. The second-order valence-corrected chi connectivity index (χ2v) is 6.62. The Morgan fingerprint density at radius 2 is 2.30 bits per heavy atom. The monoisotopic (exact) mass is 350 g/mol. The Labute approximate surface area is 140 Å². The van der Waals surface area contributed by atoms with Gasteiger partial charge in [0.25, 0.3) is 0 Å². The minimum atomic E-state index is -0.256. The van der Waals surface area contributed by atoms with Gasteiger partial charge in [0.2, 0.25) is 5.76 Å². The number of hydrogen-bond donors (Lipinski definition) is 0. The van der Waals surface area contributed by atoms with E-state index in [9.17, 15) is 4.79 Å². The van der Waals surface area contributed by atoms with Crippen LogP contribution in [-0.2, 0) is 21.7 Å². The molecule has 23 heavy (non-hydrogen) atoms. The van der Waals surface area contributed by atoms with Gasteiger partial charge in [-0.25, -0.2) is 4.98 Å². The lowest BCUT2D eigenvalue weighted by atomic mass is 10.3. The third-order valence-corrected chi connectivity index (χ3v) is 4.93. The number of carbonyl (C=O) groups is 1. The molecule has 120 valence electrons. The van der Waals surface area contributed by atoms with Crippen molar-refractivity contribution in [3.63, 3.8) is 0 Å². The number of ether oxygens (including phenoxy) is 1. The number of thioether (sulfide) groups is 1. The summed E-state index contributed by atoms with van der Waals surface area (Å²) in [5, 5.41) is 5.89. The molecule has 0 unspecified atom stereocenters. The fraction of sp³-hybridized carbons (Fsp3) is 0.267. The Balaban J connectivity index is 1.54. The van der Waals surface area contributed by atoms with Crippen molar-refractivity contribution in [1.29, 1.82) is 0 Å². The molecule has 3 aromatic heterocycles. The molecule has 0 saturated carbocycles. The zero-order chi connectivity index (χ0) is 16.1. The highest BCUT2D eigenvalue weighted by atomic mass is 32.2. The van der Waals surface area contributed by atoms with E-state index in [1.165, 1.54) is 11.3 Å².